The summed E-state index contributed by atoms with van der Waals surface area (Å²) >= 11 is 0. The number of nitrogens with zero attached hydrogens (tertiary/aromatic N) is 2. The molecule has 7 nitrogen and oxygen atoms in total. The van der Waals surface area contributed by atoms with E-state index in [-0.39, 0.29) is 23.2 Å². The first-order chi connectivity index (χ1) is 17.7. The Morgan fingerprint density at radius 3 is 2.00 bits per heavy atom. The molecular weight excluding hydrogens is 491 g/mol. The van der Waals surface area contributed by atoms with Crippen LogP contribution in [0, 0.1) is 5.82 Å². The highest BCUT2D eigenvalue weighted by Gasteiger charge is 2.18. The number of primary sulfonamides is 1. The quantitative estimate of drug-likeness (QED) is 0.336. The van der Waals surface area contributed by atoms with Crippen molar-refractivity contribution in [1.82, 2.24) is 9.80 Å². The van der Waals surface area contributed by atoms with Crippen molar-refractivity contribution in [3.63, 3.8) is 0 Å². The molecule has 0 spiro atoms. The summed E-state index contributed by atoms with van der Waals surface area (Å²) in [4.78, 5) is 17.4. The summed E-state index contributed by atoms with van der Waals surface area (Å²) in [5.41, 5.74) is 8.66. The van der Waals surface area contributed by atoms with E-state index in [2.05, 4.69) is 17.0 Å². The molecule has 37 heavy (non-hydrogen) atoms. The molecule has 0 aromatic heterocycles. The molecule has 0 saturated heterocycles. The fourth-order valence-corrected chi connectivity index (χ4v) is 4.54. The number of hydrogen-bond acceptors (Lipinski definition) is 5. The van der Waals surface area contributed by atoms with Crippen LogP contribution in [-0.4, -0.2) is 56.8 Å². The molecule has 0 fully saturated rings. The lowest BCUT2D eigenvalue weighted by Gasteiger charge is -2.28. The molecule has 3 aromatic rings. The molecule has 1 amide bonds. The molecule has 4 N–H and O–H groups in total. The maximum Gasteiger partial charge on any atom is 0.238 e. The predicted molar refractivity (Wildman–Crippen MR) is 144 cm³/mol. The Labute approximate surface area is 218 Å². The lowest BCUT2D eigenvalue weighted by Crippen LogP contribution is -2.42. The molecule has 0 radical (unpaired) electrons. The van der Waals surface area contributed by atoms with Crippen molar-refractivity contribution < 1.29 is 17.6 Å². The van der Waals surface area contributed by atoms with Crippen molar-refractivity contribution in [2.45, 2.75) is 30.7 Å². The van der Waals surface area contributed by atoms with Crippen molar-refractivity contribution in [3.8, 4) is 0 Å². The summed E-state index contributed by atoms with van der Waals surface area (Å²) in [5, 5.41) is 5.19. The van der Waals surface area contributed by atoms with Gasteiger partial charge in [0, 0.05) is 19.6 Å². The summed E-state index contributed by atoms with van der Waals surface area (Å²) in [5.74, 6) is -0.360. The highest BCUT2D eigenvalue weighted by molar-refractivity contribution is 7.89. The van der Waals surface area contributed by atoms with Crippen LogP contribution in [-0.2, 0) is 34.2 Å². The van der Waals surface area contributed by atoms with Gasteiger partial charge in [0.15, 0.2) is 0 Å². The molecule has 0 saturated carbocycles. The van der Waals surface area contributed by atoms with Gasteiger partial charge in [-0.1, -0.05) is 54.6 Å². The van der Waals surface area contributed by atoms with Crippen molar-refractivity contribution in [1.29, 1.82) is 0 Å². The predicted octanol–water partition coefficient (Wildman–Crippen LogP) is 2.94. The topological polar surface area (TPSA) is 110 Å². The summed E-state index contributed by atoms with van der Waals surface area (Å²) in [6.07, 6.45) is 2.15. The van der Waals surface area contributed by atoms with Gasteiger partial charge in [-0.25, -0.2) is 17.9 Å². The minimum atomic E-state index is -3.76. The first-order valence-electron chi connectivity index (χ1n) is 12.3. The van der Waals surface area contributed by atoms with Gasteiger partial charge >= 0.3 is 0 Å². The molecule has 198 valence electrons. The van der Waals surface area contributed by atoms with Crippen LogP contribution < -0.4 is 10.9 Å². The van der Waals surface area contributed by atoms with Crippen molar-refractivity contribution in [2.75, 3.05) is 32.7 Å². The number of sulfonamides is 1. The monoisotopic (exact) mass is 526 g/mol. The number of hydrogen-bond donors (Lipinski definition) is 2. The van der Waals surface area contributed by atoms with Gasteiger partial charge in [-0.2, -0.15) is 0 Å². The molecule has 0 aliphatic rings. The number of rotatable bonds is 14. The maximum atomic E-state index is 13.5. The van der Waals surface area contributed by atoms with Crippen LogP contribution in [0.5, 0.6) is 0 Å². The minimum Gasteiger partial charge on any atom is -0.337 e. The van der Waals surface area contributed by atoms with Crippen molar-refractivity contribution >= 4 is 15.9 Å². The largest absolute Gasteiger partial charge is 0.337 e. The molecule has 9 heteroatoms. The molecule has 0 bridgehead atoms. The van der Waals surface area contributed by atoms with Gasteiger partial charge < -0.3 is 10.6 Å². The zero-order chi connectivity index (χ0) is 26.7. The van der Waals surface area contributed by atoms with Crippen LogP contribution in [0.3, 0.4) is 0 Å². The van der Waals surface area contributed by atoms with Crippen LogP contribution in [0.1, 0.15) is 23.1 Å². The zero-order valence-electron chi connectivity index (χ0n) is 20.9. The van der Waals surface area contributed by atoms with E-state index in [9.17, 15) is 17.6 Å². The standard InChI is InChI=1S/C28H35FN4O3S/c29-26-11-7-25(8-12-26)21-33(20-16-24-9-13-27(14-10-24)37(31,35)36)28(34)22-32(18-4-17-30)19-15-23-5-2-1-3-6-23/h1-3,5-14H,4,15-22,30H2,(H2,31,35,36). The highest BCUT2D eigenvalue weighted by Crippen LogP contribution is 2.13. The van der Waals surface area contributed by atoms with Crippen LogP contribution in [0.25, 0.3) is 0 Å². The van der Waals surface area contributed by atoms with E-state index in [4.69, 9.17) is 10.9 Å². The second-order valence-corrected chi connectivity index (χ2v) is 10.6. The van der Waals surface area contributed by atoms with Gasteiger partial charge in [0.25, 0.3) is 0 Å². The number of halogens is 1. The molecular formula is C28H35FN4O3S. The smallest absolute Gasteiger partial charge is 0.238 e. The molecule has 0 unspecified atom stereocenters. The lowest BCUT2D eigenvalue weighted by molar-refractivity contribution is -0.133. The molecule has 0 aliphatic carbocycles. The Hall–Kier alpha value is -3.11. The normalized spacial score (nSPS) is 11.6. The Morgan fingerprint density at radius 1 is 0.784 bits per heavy atom. The SMILES string of the molecule is NCCCN(CCc1ccccc1)CC(=O)N(CCc1ccc(S(N)(=O)=O)cc1)Cc1ccc(F)cc1. The van der Waals surface area contributed by atoms with Gasteiger partial charge in [0.1, 0.15) is 5.82 Å². The maximum absolute atomic E-state index is 13.5. The van der Waals surface area contributed by atoms with E-state index in [1.807, 2.05) is 18.2 Å². The number of benzene rings is 3. The summed E-state index contributed by atoms with van der Waals surface area (Å²) in [6, 6.07) is 22.6. The average molecular weight is 527 g/mol. The number of carbonyl (C=O) groups excluding carboxylic acids is 1. The highest BCUT2D eigenvalue weighted by atomic mass is 32.2. The van der Waals surface area contributed by atoms with E-state index < -0.39 is 10.0 Å². The Morgan fingerprint density at radius 2 is 1.38 bits per heavy atom. The van der Waals surface area contributed by atoms with Crippen LogP contribution in [0.4, 0.5) is 4.39 Å². The van der Waals surface area contributed by atoms with Gasteiger partial charge in [-0.05, 0) is 73.3 Å². The number of amides is 1. The fourth-order valence-electron chi connectivity index (χ4n) is 4.02. The zero-order valence-corrected chi connectivity index (χ0v) is 21.7. The Balaban J connectivity index is 1.70. The van der Waals surface area contributed by atoms with E-state index in [1.165, 1.54) is 29.8 Å². The minimum absolute atomic E-state index is 0.0319. The summed E-state index contributed by atoms with van der Waals surface area (Å²) < 4.78 is 36.5. The first kappa shape index (κ1) is 28.5. The van der Waals surface area contributed by atoms with Gasteiger partial charge in [-0.15, -0.1) is 0 Å². The number of carbonyl (C=O) groups is 1. The molecule has 0 atom stereocenters. The van der Waals surface area contributed by atoms with Crippen LogP contribution in [0.15, 0.2) is 83.8 Å². The third kappa shape index (κ3) is 9.70. The van der Waals surface area contributed by atoms with Crippen molar-refractivity contribution in [2.24, 2.45) is 10.9 Å². The first-order valence-corrected chi connectivity index (χ1v) is 13.9. The Kier molecular flexibility index (Phi) is 10.8. The third-order valence-electron chi connectivity index (χ3n) is 6.16. The van der Waals surface area contributed by atoms with E-state index in [0.29, 0.717) is 32.6 Å². The van der Waals surface area contributed by atoms with E-state index >= 15 is 0 Å². The third-order valence-corrected chi connectivity index (χ3v) is 7.09. The van der Waals surface area contributed by atoms with Crippen LogP contribution >= 0.6 is 0 Å². The lowest BCUT2D eigenvalue weighted by atomic mass is 10.1. The fraction of sp³-hybridized carbons (Fsp3) is 0.321. The second-order valence-electron chi connectivity index (χ2n) is 9.03. The second kappa shape index (κ2) is 14.0. The van der Waals surface area contributed by atoms with Gasteiger partial charge in [0.2, 0.25) is 15.9 Å². The van der Waals surface area contributed by atoms with Crippen LogP contribution in [0.2, 0.25) is 0 Å². The Bertz CT molecular complexity index is 1220. The van der Waals surface area contributed by atoms with E-state index in [0.717, 1.165) is 30.5 Å². The van der Waals surface area contributed by atoms with Gasteiger partial charge in [0.05, 0.1) is 11.4 Å². The average Bonchev–Trinajstić information content (AvgIpc) is 2.89. The molecule has 0 aliphatic heterocycles. The number of nitrogens with two attached hydrogens (primary N) is 2. The molecule has 3 aromatic carbocycles. The summed E-state index contributed by atoms with van der Waals surface area (Å²) in [7, 11) is -3.76. The van der Waals surface area contributed by atoms with E-state index in [1.54, 1.807) is 29.2 Å². The van der Waals surface area contributed by atoms with Gasteiger partial charge in [-0.3, -0.25) is 9.69 Å². The van der Waals surface area contributed by atoms with Crippen molar-refractivity contribution in [3.05, 3.63) is 101 Å². The summed E-state index contributed by atoms with van der Waals surface area (Å²) in [6.45, 7) is 3.01. The molecule has 0 heterocycles. The molecule has 3 rings (SSSR count).